The second kappa shape index (κ2) is 34.2. The number of benzene rings is 4. The van der Waals surface area contributed by atoms with E-state index >= 15 is 0 Å². The van der Waals surface area contributed by atoms with Gasteiger partial charge in [0.15, 0.2) is 0 Å². The lowest BCUT2D eigenvalue weighted by molar-refractivity contribution is -0.255. The van der Waals surface area contributed by atoms with Crippen molar-refractivity contribution >= 4 is 78.6 Å². The van der Waals surface area contributed by atoms with Crippen molar-refractivity contribution in [1.82, 2.24) is 59.8 Å². The zero-order valence-corrected chi connectivity index (χ0v) is 45.5. The van der Waals surface area contributed by atoms with Crippen LogP contribution in [0.25, 0.3) is 0 Å². The van der Waals surface area contributed by atoms with Gasteiger partial charge in [0.2, 0.25) is 21.1 Å². The van der Waals surface area contributed by atoms with Crippen LogP contribution in [0.15, 0.2) is 107 Å². The number of aromatic nitrogens is 12. The normalized spacial score (nSPS) is 10.3. The number of carboxylic acids is 1. The van der Waals surface area contributed by atoms with Gasteiger partial charge >= 0.3 is 5.97 Å². The van der Waals surface area contributed by atoms with Crippen LogP contribution in [0.1, 0.15) is 128 Å². The van der Waals surface area contributed by atoms with Crippen molar-refractivity contribution in [2.24, 2.45) is 0 Å². The largest absolute Gasteiger partial charge is 0.744 e. The minimum atomic E-state index is -4.42. The molecule has 28 heteroatoms. The molecule has 0 radical (unpaired) electrons. The van der Waals surface area contributed by atoms with Crippen LogP contribution in [0.5, 0.6) is 0 Å². The maximum atomic E-state index is 11.5. The number of ether oxygens (including phenoxy) is 1. The molecular formula is C53H64Cl4N12O10S2-2. The van der Waals surface area contributed by atoms with Crippen molar-refractivity contribution < 1.29 is 46.4 Å². The molecule has 0 N–H and O–H groups in total. The predicted octanol–water partition coefficient (Wildman–Crippen LogP) is 9.51. The summed E-state index contributed by atoms with van der Waals surface area (Å²) in [6.45, 7) is 6.92. The number of esters is 1. The van der Waals surface area contributed by atoms with Crippen LogP contribution in [0.4, 0.5) is 0 Å². The number of halogens is 4. The average molecular weight is 1240 g/mol. The molecule has 0 bridgehead atoms. The van der Waals surface area contributed by atoms with Crippen LogP contribution in [-0.2, 0) is 54.8 Å². The van der Waals surface area contributed by atoms with Crippen LogP contribution in [0, 0.1) is 27.7 Å². The molecule has 0 unspecified atom stereocenters. The first-order chi connectivity index (χ1) is 35.9. The van der Waals surface area contributed by atoms with Crippen molar-refractivity contribution in [2.75, 3.05) is 14.2 Å². The molecule has 0 saturated heterocycles. The van der Waals surface area contributed by atoms with E-state index in [-0.39, 0.29) is 81.0 Å². The Kier molecular flexibility index (Phi) is 31.2. The lowest BCUT2D eigenvalue weighted by Crippen LogP contribution is -2.22. The Balaban J connectivity index is 0. The van der Waals surface area contributed by atoms with Crippen LogP contribution in [0.2, 0.25) is 21.1 Å². The van der Waals surface area contributed by atoms with Gasteiger partial charge in [-0.1, -0.05) is 97.8 Å². The van der Waals surface area contributed by atoms with Crippen LogP contribution < -0.4 is 5.11 Å². The number of rotatable bonds is 13. The second-order valence-electron chi connectivity index (χ2n) is 15.5. The summed E-state index contributed by atoms with van der Waals surface area (Å²) in [5.41, 5.74) is 4.16. The van der Waals surface area contributed by atoms with Gasteiger partial charge in [-0.25, -0.2) is 73.0 Å². The maximum absolute atomic E-state index is 11.5. The molecule has 0 amide bonds. The van der Waals surface area contributed by atoms with Crippen LogP contribution in [0.3, 0.4) is 0 Å². The van der Waals surface area contributed by atoms with Gasteiger partial charge in [0, 0.05) is 27.1 Å². The van der Waals surface area contributed by atoms with Gasteiger partial charge in [0.1, 0.15) is 56.7 Å². The number of methoxy groups -OCH3 is 1. The minimum absolute atomic E-state index is 0. The standard InChI is InChI=1S/C13H12ClN3O2.C12H12ClN3O3S.C12H10ClN3O2.C11H10ClN3O3S.5CH4.H2/c1-8-15-11(17-13(14)16-8)7-9-3-5-10(6-4-9)12(18)19-2;1-8-14-11(16-12(13)15-8)7-9-3-5-10(6-4-9)20(17,18)19-2;1-7-14-10(16-12(13)15-7)6-8-2-4-9(5-3-8)11(17)18;1-7-13-10(15-11(12)14-7)6-8-2-4-9(5-3-8)19(16,17)18;;;;;;/h3-6H,7H2,1-2H3;3-6H,7H2,1-2H3;2-5H,6H2,1H3,(H,17,18);2-5H,6H2,1H3,(H,16,17,18);5*1H4;1H/p-2/i;;;;;;;;;1+1. The number of carboxylic acid groups (broad SMARTS) is 1. The Morgan fingerprint density at radius 1 is 0.432 bits per heavy atom. The van der Waals surface area contributed by atoms with Gasteiger partial charge in [0.05, 0.1) is 35.5 Å². The molecular weight excluding hydrogens is 1170 g/mol. The van der Waals surface area contributed by atoms with Crippen molar-refractivity contribution in [3.63, 3.8) is 0 Å². The minimum Gasteiger partial charge on any atom is -0.744 e. The fourth-order valence-electron chi connectivity index (χ4n) is 6.33. The molecule has 0 aliphatic rings. The SMILES string of the molecule is C.C.C.C.C.COC(=O)c1ccc(Cc2nc(C)nc(Cl)n2)cc1.COS(=O)(=O)c1ccc(Cc2nc(C)nc(Cl)n2)cc1.Cc1nc(Cl)nc(Cc2ccc(C(=O)[O-])cc2)n1.Cc1nc(Cl)nc(Cc2ccc(S(=O)(=O)[O-])cc2)n1.[2HH]. The van der Waals surface area contributed by atoms with Gasteiger partial charge < -0.3 is 19.2 Å². The Morgan fingerprint density at radius 2 is 0.691 bits per heavy atom. The third-order valence-corrected chi connectivity index (χ3v) is 12.5. The monoisotopic (exact) mass is 1230 g/mol. The fourth-order valence-corrected chi connectivity index (χ4v) is 8.34. The molecule has 0 saturated carbocycles. The number of hydrogen-bond acceptors (Lipinski definition) is 22. The van der Waals surface area contributed by atoms with Crippen molar-refractivity contribution in [3.8, 4) is 0 Å². The van der Waals surface area contributed by atoms with Crippen molar-refractivity contribution in [1.29, 1.82) is 0 Å². The molecule has 438 valence electrons. The number of carbonyl (C=O) groups excluding carboxylic acids is 2. The molecule has 0 fully saturated rings. The first-order valence-corrected chi connectivity index (χ1v) is 26.1. The third kappa shape index (κ3) is 24.6. The fraction of sp³-hybridized carbons (Fsp3) is 0.283. The number of nitrogens with zero attached hydrogens (tertiary/aromatic N) is 12. The van der Waals surface area contributed by atoms with Crippen molar-refractivity contribution in [3.05, 3.63) is 198 Å². The van der Waals surface area contributed by atoms with Gasteiger partial charge in [-0.3, -0.25) is 4.18 Å². The van der Waals surface area contributed by atoms with Crippen LogP contribution in [-0.4, -0.2) is 107 Å². The van der Waals surface area contributed by atoms with E-state index in [0.29, 0.717) is 77.8 Å². The maximum Gasteiger partial charge on any atom is 0.337 e. The van der Waals surface area contributed by atoms with Crippen molar-refractivity contribution in [2.45, 2.75) is 100 Å². The van der Waals surface area contributed by atoms with Gasteiger partial charge in [-0.05, 0) is 138 Å². The molecule has 81 heavy (non-hydrogen) atoms. The average Bonchev–Trinajstić information content (AvgIpc) is 3.33. The highest BCUT2D eigenvalue weighted by molar-refractivity contribution is 7.86. The Hall–Kier alpha value is -7.16. The van der Waals surface area contributed by atoms with Gasteiger partial charge in [-0.15, -0.1) is 0 Å². The molecule has 8 aromatic rings. The highest BCUT2D eigenvalue weighted by Crippen LogP contribution is 2.17. The van der Waals surface area contributed by atoms with Crippen LogP contribution >= 0.6 is 46.4 Å². The lowest BCUT2D eigenvalue weighted by atomic mass is 10.1. The number of aryl methyl sites for hydroxylation is 4. The molecule has 8 rings (SSSR count). The summed E-state index contributed by atoms with van der Waals surface area (Å²) in [4.78, 5) is 69.9. The Bertz CT molecular complexity index is 3470. The predicted molar refractivity (Wildman–Crippen MR) is 309 cm³/mol. The van der Waals surface area contributed by atoms with E-state index in [1.807, 2.05) is 12.1 Å². The Morgan fingerprint density at radius 3 is 0.926 bits per heavy atom. The summed E-state index contributed by atoms with van der Waals surface area (Å²) in [7, 11) is -5.60. The zero-order valence-electron chi connectivity index (χ0n) is 40.8. The highest BCUT2D eigenvalue weighted by Gasteiger charge is 2.14. The van der Waals surface area contributed by atoms with E-state index in [2.05, 4.69) is 68.7 Å². The highest BCUT2D eigenvalue weighted by atomic mass is 35.5. The summed E-state index contributed by atoms with van der Waals surface area (Å²) in [6, 6.07) is 25.3. The quantitative estimate of drug-likeness (QED) is 0.0589. The lowest BCUT2D eigenvalue weighted by Gasteiger charge is -2.07. The molecule has 22 nitrogen and oxygen atoms in total. The number of aromatic carboxylic acids is 1. The van der Waals surface area contributed by atoms with E-state index in [4.69, 9.17) is 46.4 Å². The smallest absolute Gasteiger partial charge is 0.337 e. The molecule has 0 aliphatic heterocycles. The molecule has 0 aliphatic carbocycles. The van der Waals surface area contributed by atoms with E-state index < -0.39 is 26.2 Å². The third-order valence-electron chi connectivity index (χ3n) is 9.72. The topological polar surface area (TPSA) is 322 Å². The first kappa shape index (κ1) is 73.8. The zero-order chi connectivity index (χ0) is 55.7. The summed E-state index contributed by atoms with van der Waals surface area (Å²) in [5.74, 6) is 2.80. The van der Waals surface area contributed by atoms with E-state index in [1.165, 1.54) is 55.6 Å². The number of carbonyl (C=O) groups is 2. The van der Waals surface area contributed by atoms with E-state index in [1.54, 1.807) is 64.1 Å². The summed E-state index contributed by atoms with van der Waals surface area (Å²) in [5, 5.41) is 11.2. The molecule has 4 aromatic carbocycles. The number of hydrogen-bond donors (Lipinski definition) is 0. The first-order valence-electron chi connectivity index (χ1n) is 21.8. The molecule has 0 atom stereocenters. The summed E-state index contributed by atoms with van der Waals surface area (Å²) >= 11 is 23.0. The van der Waals surface area contributed by atoms with E-state index in [0.717, 1.165) is 29.4 Å². The Labute approximate surface area is 494 Å². The van der Waals surface area contributed by atoms with Gasteiger partial charge in [-0.2, -0.15) is 8.42 Å². The molecule has 4 heterocycles. The summed E-state index contributed by atoms with van der Waals surface area (Å²) in [6.07, 6.45) is 1.82. The van der Waals surface area contributed by atoms with Gasteiger partial charge in [0.25, 0.3) is 10.1 Å². The van der Waals surface area contributed by atoms with E-state index in [9.17, 15) is 36.1 Å². The second-order valence-corrected chi connectivity index (χ2v) is 20.0. The molecule has 4 aromatic heterocycles. The molecule has 0 spiro atoms. The summed E-state index contributed by atoms with van der Waals surface area (Å²) < 4.78 is 64.4.